The van der Waals surface area contributed by atoms with Gasteiger partial charge in [0.25, 0.3) is 5.69 Å². The second-order valence-electron chi connectivity index (χ2n) is 8.07. The summed E-state index contributed by atoms with van der Waals surface area (Å²) in [7, 11) is 0. The normalized spacial score (nSPS) is 14.2. The summed E-state index contributed by atoms with van der Waals surface area (Å²) in [4.78, 5) is 32.6. The Balaban J connectivity index is 1.46. The average Bonchev–Trinajstić information content (AvgIpc) is 3.28. The fourth-order valence-electron chi connectivity index (χ4n) is 3.81. The number of nitriles is 1. The van der Waals surface area contributed by atoms with E-state index in [0.29, 0.717) is 27.0 Å². The number of thioether (sulfide) groups is 1. The van der Waals surface area contributed by atoms with Crippen molar-refractivity contribution in [1.82, 2.24) is 9.97 Å². The van der Waals surface area contributed by atoms with Crippen molar-refractivity contribution in [1.29, 1.82) is 5.26 Å². The van der Waals surface area contributed by atoms with Gasteiger partial charge in [0.1, 0.15) is 11.1 Å². The number of nitrogens with zero attached hydrogens (tertiary/aromatic N) is 4. The third-order valence-electron chi connectivity index (χ3n) is 5.63. The van der Waals surface area contributed by atoms with Crippen LogP contribution in [0.1, 0.15) is 49.4 Å². The number of amides is 1. The zero-order valence-electron chi connectivity index (χ0n) is 18.6. The Labute approximate surface area is 205 Å². The van der Waals surface area contributed by atoms with Crippen LogP contribution < -0.4 is 5.32 Å². The molecule has 1 aliphatic carbocycles. The van der Waals surface area contributed by atoms with Crippen LogP contribution in [0.15, 0.2) is 40.7 Å². The molecule has 34 heavy (non-hydrogen) atoms. The number of hydrogen-bond donors (Lipinski definition) is 1. The third-order valence-corrected chi connectivity index (χ3v) is 7.49. The number of nitro groups is 1. The van der Waals surface area contributed by atoms with E-state index in [4.69, 9.17) is 4.98 Å². The van der Waals surface area contributed by atoms with Crippen LogP contribution in [-0.4, -0.2) is 26.0 Å². The Kier molecular flexibility index (Phi) is 7.55. The Hall–Kier alpha value is -3.29. The summed E-state index contributed by atoms with van der Waals surface area (Å²) in [5.41, 5.74) is 3.84. The van der Waals surface area contributed by atoms with Crippen molar-refractivity contribution in [2.24, 2.45) is 0 Å². The molecule has 1 aromatic carbocycles. The number of aromatic nitrogens is 2. The SMILES string of the molecule is CC(Sc1nc2c(cc1C#N)CCCCCC2)C(=O)Nc1nc(-c2cccc([N+](=O)[O-])c2)cs1. The molecule has 174 valence electrons. The molecule has 1 amide bonds. The summed E-state index contributed by atoms with van der Waals surface area (Å²) >= 11 is 2.52. The highest BCUT2D eigenvalue weighted by Crippen LogP contribution is 2.31. The number of non-ortho nitro benzene ring substituents is 1. The second-order valence-corrected chi connectivity index (χ2v) is 10.3. The topological polar surface area (TPSA) is 122 Å². The molecule has 3 aromatic rings. The molecule has 8 nitrogen and oxygen atoms in total. The van der Waals surface area contributed by atoms with Gasteiger partial charge in [-0.15, -0.1) is 11.3 Å². The monoisotopic (exact) mass is 493 g/mol. The van der Waals surface area contributed by atoms with Crippen LogP contribution in [0.25, 0.3) is 11.3 Å². The van der Waals surface area contributed by atoms with E-state index in [2.05, 4.69) is 16.4 Å². The molecule has 1 unspecified atom stereocenters. The smallest absolute Gasteiger partial charge is 0.270 e. The van der Waals surface area contributed by atoms with Gasteiger partial charge in [-0.05, 0) is 44.2 Å². The summed E-state index contributed by atoms with van der Waals surface area (Å²) in [6, 6.07) is 10.4. The minimum Gasteiger partial charge on any atom is -0.301 e. The van der Waals surface area contributed by atoms with E-state index < -0.39 is 10.2 Å². The zero-order chi connectivity index (χ0) is 24.1. The number of aryl methyl sites for hydroxylation is 2. The number of anilines is 1. The largest absolute Gasteiger partial charge is 0.301 e. The maximum absolute atomic E-state index is 12.8. The lowest BCUT2D eigenvalue weighted by atomic mass is 9.96. The quantitative estimate of drug-likeness (QED) is 0.263. The number of nitro benzene ring substituents is 1. The van der Waals surface area contributed by atoms with Crippen molar-refractivity contribution >= 4 is 39.8 Å². The van der Waals surface area contributed by atoms with Crippen molar-refractivity contribution < 1.29 is 9.72 Å². The minimum atomic E-state index is -0.489. The number of carbonyl (C=O) groups excluding carboxylic acids is 1. The molecule has 0 saturated carbocycles. The Morgan fingerprint density at radius 1 is 1.24 bits per heavy atom. The third kappa shape index (κ3) is 5.61. The zero-order valence-corrected chi connectivity index (χ0v) is 20.2. The molecule has 0 fully saturated rings. The van der Waals surface area contributed by atoms with Crippen molar-refractivity contribution in [2.75, 3.05) is 5.32 Å². The molecule has 0 bridgehead atoms. The second kappa shape index (κ2) is 10.8. The molecule has 2 heterocycles. The summed E-state index contributed by atoms with van der Waals surface area (Å²) < 4.78 is 0. The van der Waals surface area contributed by atoms with Gasteiger partial charge in [0.15, 0.2) is 5.13 Å². The number of thiazole rings is 1. The van der Waals surface area contributed by atoms with E-state index in [0.717, 1.165) is 36.9 Å². The highest BCUT2D eigenvalue weighted by atomic mass is 32.2. The molecule has 1 atom stereocenters. The Morgan fingerprint density at radius 3 is 2.79 bits per heavy atom. The maximum atomic E-state index is 12.8. The lowest BCUT2D eigenvalue weighted by Crippen LogP contribution is -2.22. The maximum Gasteiger partial charge on any atom is 0.270 e. The van der Waals surface area contributed by atoms with Crippen molar-refractivity contribution in [2.45, 2.75) is 55.7 Å². The molecular weight excluding hydrogens is 470 g/mol. The van der Waals surface area contributed by atoms with Gasteiger partial charge in [-0.2, -0.15) is 5.26 Å². The van der Waals surface area contributed by atoms with Crippen molar-refractivity contribution in [3.63, 3.8) is 0 Å². The number of fused-ring (bicyclic) bond motifs is 1. The van der Waals surface area contributed by atoms with E-state index in [1.165, 1.54) is 48.1 Å². The number of rotatable bonds is 6. The summed E-state index contributed by atoms with van der Waals surface area (Å²) in [6.45, 7) is 1.77. The van der Waals surface area contributed by atoms with Crippen LogP contribution in [-0.2, 0) is 17.6 Å². The van der Waals surface area contributed by atoms with Crippen LogP contribution in [0.5, 0.6) is 0 Å². The van der Waals surface area contributed by atoms with Gasteiger partial charge in [0.2, 0.25) is 5.91 Å². The van der Waals surface area contributed by atoms with Gasteiger partial charge in [0, 0.05) is 28.8 Å². The molecule has 0 aliphatic heterocycles. The lowest BCUT2D eigenvalue weighted by molar-refractivity contribution is -0.384. The lowest BCUT2D eigenvalue weighted by Gasteiger charge is -2.16. The van der Waals surface area contributed by atoms with Crippen LogP contribution in [0.2, 0.25) is 0 Å². The van der Waals surface area contributed by atoms with Gasteiger partial charge in [-0.25, -0.2) is 9.97 Å². The average molecular weight is 494 g/mol. The first-order valence-corrected chi connectivity index (χ1v) is 12.8. The number of pyridine rings is 1. The van der Waals surface area contributed by atoms with E-state index in [1.807, 2.05) is 6.07 Å². The predicted octanol–water partition coefficient (Wildman–Crippen LogP) is 5.76. The van der Waals surface area contributed by atoms with E-state index in [9.17, 15) is 20.2 Å². The molecule has 10 heteroatoms. The summed E-state index contributed by atoms with van der Waals surface area (Å²) in [5.74, 6) is -0.248. The number of hydrogen-bond acceptors (Lipinski definition) is 8. The fraction of sp³-hybridized carbons (Fsp3) is 0.333. The van der Waals surface area contributed by atoms with E-state index >= 15 is 0 Å². The molecule has 2 aromatic heterocycles. The van der Waals surface area contributed by atoms with Gasteiger partial charge in [0.05, 0.1) is 21.4 Å². The first-order valence-electron chi connectivity index (χ1n) is 11.1. The highest BCUT2D eigenvalue weighted by Gasteiger charge is 2.21. The van der Waals surface area contributed by atoms with E-state index in [1.54, 1.807) is 24.4 Å². The number of carbonyl (C=O) groups is 1. The van der Waals surface area contributed by atoms with Crippen molar-refractivity contribution in [3.05, 3.63) is 62.6 Å². The standard InChI is InChI=1S/C24H23N5O3S2/c1-15(34-23-18(13-25)11-16-7-4-2-3-5-10-20(16)26-23)22(30)28-24-27-21(14-33-24)17-8-6-9-19(12-17)29(31)32/h6,8-9,11-12,14-15H,2-5,7,10H2,1H3,(H,27,28,30). The Morgan fingerprint density at radius 2 is 2.03 bits per heavy atom. The molecule has 0 radical (unpaired) electrons. The van der Waals surface area contributed by atoms with Gasteiger partial charge < -0.3 is 5.32 Å². The van der Waals surface area contributed by atoms with Crippen molar-refractivity contribution in [3.8, 4) is 17.3 Å². The first-order chi connectivity index (χ1) is 16.4. The molecule has 1 N–H and O–H groups in total. The van der Waals surface area contributed by atoms with Crippen LogP contribution in [0.4, 0.5) is 10.8 Å². The van der Waals surface area contributed by atoms with E-state index in [-0.39, 0.29) is 11.6 Å². The Bertz CT molecular complexity index is 1270. The van der Waals surface area contributed by atoms with Crippen LogP contribution in [0.3, 0.4) is 0 Å². The minimum absolute atomic E-state index is 0.0155. The number of nitrogens with one attached hydrogen (secondary N) is 1. The van der Waals surface area contributed by atoms with Crippen LogP contribution in [0, 0.1) is 21.4 Å². The molecule has 4 rings (SSSR count). The molecule has 0 spiro atoms. The summed E-state index contributed by atoms with van der Waals surface area (Å²) in [5, 5.41) is 25.7. The fourth-order valence-corrected chi connectivity index (χ4v) is 5.43. The predicted molar refractivity (Wildman–Crippen MR) is 133 cm³/mol. The molecule has 0 saturated heterocycles. The number of benzene rings is 1. The highest BCUT2D eigenvalue weighted by molar-refractivity contribution is 8.00. The van der Waals surface area contributed by atoms with Gasteiger partial charge in [-0.1, -0.05) is 36.7 Å². The first kappa shape index (κ1) is 23.9. The van der Waals surface area contributed by atoms with Crippen LogP contribution >= 0.6 is 23.1 Å². The van der Waals surface area contributed by atoms with Gasteiger partial charge >= 0.3 is 0 Å². The van der Waals surface area contributed by atoms with Gasteiger partial charge in [-0.3, -0.25) is 14.9 Å². The molecule has 1 aliphatic rings. The summed E-state index contributed by atoms with van der Waals surface area (Å²) in [6.07, 6.45) is 6.42. The molecular formula is C24H23N5O3S2.